The zero-order valence-corrected chi connectivity index (χ0v) is 14.3. The Morgan fingerprint density at radius 1 is 1.00 bits per heavy atom. The first-order valence-electron chi connectivity index (χ1n) is 7.75. The zero-order valence-electron chi connectivity index (χ0n) is 12.6. The highest BCUT2D eigenvalue weighted by Gasteiger charge is 2.38. The van der Waals surface area contributed by atoms with Crippen LogP contribution in [-0.2, 0) is 0 Å². The summed E-state index contributed by atoms with van der Waals surface area (Å²) in [5.74, 6) is 1.12. The van der Waals surface area contributed by atoms with Crippen LogP contribution in [0.15, 0.2) is 58.6 Å². The lowest BCUT2D eigenvalue weighted by molar-refractivity contribution is 0.333. The Kier molecular flexibility index (Phi) is 4.25. The number of aliphatic hydroxyl groups excluding tert-OH is 2. The van der Waals surface area contributed by atoms with Crippen molar-refractivity contribution in [3.05, 3.63) is 64.1 Å². The van der Waals surface area contributed by atoms with Gasteiger partial charge in [-0.1, -0.05) is 12.1 Å². The number of hydrogen-bond donors (Lipinski definition) is 4. The fourth-order valence-electron chi connectivity index (χ4n) is 3.91. The number of hydrogen-bond acceptors (Lipinski definition) is 4. The third-order valence-corrected chi connectivity index (χ3v) is 4.93. The monoisotopic (exact) mass is 377 g/mol. The minimum atomic E-state index is -0.0221. The topological polar surface area (TPSA) is 72.7 Å². The predicted octanol–water partition coefficient (Wildman–Crippen LogP) is 3.98. The van der Waals surface area contributed by atoms with Crippen molar-refractivity contribution in [2.75, 3.05) is 6.54 Å². The van der Waals surface area contributed by atoms with Crippen LogP contribution in [0.1, 0.15) is 30.9 Å². The van der Waals surface area contributed by atoms with E-state index in [-0.39, 0.29) is 34.5 Å². The number of allylic oxidation sites excluding steroid dienone is 2. The first kappa shape index (κ1) is 16.1. The van der Waals surface area contributed by atoms with Crippen LogP contribution >= 0.6 is 17.0 Å². The molecule has 0 unspecified atom stereocenters. The van der Waals surface area contributed by atoms with Crippen LogP contribution in [0.25, 0.3) is 0 Å². The zero-order chi connectivity index (χ0) is 15.3. The Bertz CT molecular complexity index is 718. The van der Waals surface area contributed by atoms with Crippen LogP contribution in [0, 0.1) is 5.92 Å². The molecule has 4 nitrogen and oxygen atoms in total. The summed E-state index contributed by atoms with van der Waals surface area (Å²) < 4.78 is 0. The molecule has 5 heteroatoms. The molecule has 1 aliphatic heterocycles. The van der Waals surface area contributed by atoms with Gasteiger partial charge in [0.1, 0.15) is 17.3 Å². The number of benzene rings is 1. The van der Waals surface area contributed by atoms with E-state index in [0.29, 0.717) is 23.7 Å². The lowest BCUT2D eigenvalue weighted by Gasteiger charge is -2.25. The molecule has 0 aromatic heterocycles. The van der Waals surface area contributed by atoms with Crippen molar-refractivity contribution >= 4 is 17.0 Å². The van der Waals surface area contributed by atoms with E-state index in [1.54, 1.807) is 18.2 Å². The third-order valence-electron chi connectivity index (χ3n) is 4.93. The van der Waals surface area contributed by atoms with E-state index in [9.17, 15) is 15.3 Å². The minimum absolute atomic E-state index is 0. The second kappa shape index (κ2) is 6.06. The Labute approximate surface area is 145 Å². The molecule has 1 aromatic rings. The lowest BCUT2D eigenvalue weighted by atomic mass is 9.80. The van der Waals surface area contributed by atoms with Crippen LogP contribution in [0.4, 0.5) is 0 Å². The summed E-state index contributed by atoms with van der Waals surface area (Å²) in [7, 11) is 0. The number of nitrogens with one attached hydrogen (secondary N) is 1. The summed E-state index contributed by atoms with van der Waals surface area (Å²) in [5, 5.41) is 33.5. The van der Waals surface area contributed by atoms with Gasteiger partial charge in [0.2, 0.25) is 0 Å². The molecule has 3 aliphatic rings. The lowest BCUT2D eigenvalue weighted by Crippen LogP contribution is -2.22. The molecular formula is C18H20BrNO3. The summed E-state index contributed by atoms with van der Waals surface area (Å²) in [6.45, 7) is 0.895. The molecule has 0 radical (unpaired) electrons. The molecule has 0 saturated carbocycles. The number of aliphatic hydroxyl groups is 2. The van der Waals surface area contributed by atoms with E-state index >= 15 is 0 Å². The van der Waals surface area contributed by atoms with E-state index in [1.165, 1.54) is 0 Å². The summed E-state index contributed by atoms with van der Waals surface area (Å²) in [5.41, 5.74) is 3.85. The summed E-state index contributed by atoms with van der Waals surface area (Å²) in [6, 6.07) is 7.13. The van der Waals surface area contributed by atoms with E-state index in [2.05, 4.69) is 5.32 Å². The van der Waals surface area contributed by atoms with Crippen LogP contribution in [-0.4, -0.2) is 21.9 Å². The van der Waals surface area contributed by atoms with Gasteiger partial charge >= 0.3 is 0 Å². The fourth-order valence-corrected chi connectivity index (χ4v) is 3.91. The molecule has 23 heavy (non-hydrogen) atoms. The molecule has 0 saturated heterocycles. The Morgan fingerprint density at radius 3 is 2.48 bits per heavy atom. The van der Waals surface area contributed by atoms with Crippen LogP contribution in [0.2, 0.25) is 0 Å². The Balaban J connectivity index is 0.00000156. The Morgan fingerprint density at radius 2 is 1.74 bits per heavy atom. The SMILES string of the molecule is Br.OC1=CC2=C3C1=C(O)CC[C@H]3CCN[C@@H]2c1ccc(O)cc1. The molecule has 122 valence electrons. The van der Waals surface area contributed by atoms with E-state index in [0.717, 1.165) is 36.1 Å². The maximum Gasteiger partial charge on any atom is 0.126 e. The fraction of sp³-hybridized carbons (Fsp3) is 0.333. The number of halogens is 1. The molecule has 4 N–H and O–H groups in total. The average Bonchev–Trinajstić information content (AvgIpc) is 2.75. The van der Waals surface area contributed by atoms with Crippen LogP contribution < -0.4 is 5.32 Å². The standard InChI is InChI=1S/C18H19NO3.BrH/c20-12-4-1-11(2-5-12)18-13-9-15(22)17-14(21)6-3-10(16(13)17)7-8-19-18;/h1-2,4-5,9-10,18-22H,3,6-8H2;1H/t10-,18+;/m0./s1. The largest absolute Gasteiger partial charge is 0.512 e. The highest BCUT2D eigenvalue weighted by atomic mass is 79.9. The van der Waals surface area contributed by atoms with Crippen molar-refractivity contribution in [3.8, 4) is 5.75 Å². The second-order valence-electron chi connectivity index (χ2n) is 6.22. The van der Waals surface area contributed by atoms with Crippen molar-refractivity contribution in [2.45, 2.75) is 25.3 Å². The molecule has 0 bridgehead atoms. The highest BCUT2D eigenvalue weighted by molar-refractivity contribution is 8.93. The molecule has 4 rings (SSSR count). The van der Waals surface area contributed by atoms with Gasteiger partial charge in [-0.15, -0.1) is 17.0 Å². The molecule has 0 fully saturated rings. The molecule has 1 heterocycles. The second-order valence-corrected chi connectivity index (χ2v) is 6.22. The van der Waals surface area contributed by atoms with Crippen molar-refractivity contribution in [1.82, 2.24) is 5.32 Å². The number of rotatable bonds is 1. The first-order valence-corrected chi connectivity index (χ1v) is 7.75. The van der Waals surface area contributed by atoms with Gasteiger partial charge < -0.3 is 20.6 Å². The van der Waals surface area contributed by atoms with Gasteiger partial charge in [0.15, 0.2) is 0 Å². The normalized spacial score (nSPS) is 26.3. The average molecular weight is 378 g/mol. The summed E-state index contributed by atoms with van der Waals surface area (Å²) >= 11 is 0. The number of phenols is 1. The van der Waals surface area contributed by atoms with Gasteiger partial charge in [-0.3, -0.25) is 0 Å². The van der Waals surface area contributed by atoms with E-state index < -0.39 is 0 Å². The van der Waals surface area contributed by atoms with Crippen LogP contribution in [0.5, 0.6) is 5.75 Å². The quantitative estimate of drug-likeness (QED) is 0.597. The molecular weight excluding hydrogens is 358 g/mol. The van der Waals surface area contributed by atoms with Crippen LogP contribution in [0.3, 0.4) is 0 Å². The predicted molar refractivity (Wildman–Crippen MR) is 93.9 cm³/mol. The van der Waals surface area contributed by atoms with Gasteiger partial charge in [0, 0.05) is 6.42 Å². The maximum absolute atomic E-state index is 10.3. The van der Waals surface area contributed by atoms with Gasteiger partial charge in [0.05, 0.1) is 11.6 Å². The van der Waals surface area contributed by atoms with Gasteiger partial charge in [-0.05, 0) is 60.2 Å². The van der Waals surface area contributed by atoms with Crippen molar-refractivity contribution in [3.63, 3.8) is 0 Å². The number of aromatic hydroxyl groups is 1. The van der Waals surface area contributed by atoms with Gasteiger partial charge in [-0.2, -0.15) is 0 Å². The van der Waals surface area contributed by atoms with Gasteiger partial charge in [-0.25, -0.2) is 0 Å². The summed E-state index contributed by atoms with van der Waals surface area (Å²) in [6.07, 6.45) is 4.36. The molecule has 0 amide bonds. The Hall–Kier alpha value is -1.72. The molecule has 0 spiro atoms. The smallest absolute Gasteiger partial charge is 0.126 e. The van der Waals surface area contributed by atoms with E-state index in [1.807, 2.05) is 12.1 Å². The molecule has 2 aliphatic carbocycles. The summed E-state index contributed by atoms with van der Waals surface area (Å²) in [4.78, 5) is 0. The van der Waals surface area contributed by atoms with Gasteiger partial charge in [0.25, 0.3) is 0 Å². The van der Waals surface area contributed by atoms with E-state index in [4.69, 9.17) is 0 Å². The molecule has 1 aromatic carbocycles. The highest BCUT2D eigenvalue weighted by Crippen LogP contribution is 2.48. The maximum atomic E-state index is 10.3. The van der Waals surface area contributed by atoms with Crippen molar-refractivity contribution < 1.29 is 15.3 Å². The third kappa shape index (κ3) is 2.58. The van der Waals surface area contributed by atoms with Crippen molar-refractivity contribution in [2.24, 2.45) is 5.92 Å². The number of phenolic OH excluding ortho intramolecular Hbond substituents is 1. The first-order chi connectivity index (χ1) is 10.6. The minimum Gasteiger partial charge on any atom is -0.512 e. The van der Waals surface area contributed by atoms with Crippen molar-refractivity contribution in [1.29, 1.82) is 0 Å². The molecule has 2 atom stereocenters.